The highest BCUT2D eigenvalue weighted by Gasteiger charge is 2.30. The second-order valence-corrected chi connectivity index (χ2v) is 6.63. The number of hydrogen-bond acceptors (Lipinski definition) is 4. The maximum absolute atomic E-state index is 12.4. The number of nitrogens with zero attached hydrogens (tertiary/aromatic N) is 1. The lowest BCUT2D eigenvalue weighted by Crippen LogP contribution is -2.29. The lowest BCUT2D eigenvalue weighted by atomic mass is 10.1. The molecule has 23 heavy (non-hydrogen) atoms. The smallest absolute Gasteiger partial charge is 0.419 e. The minimum atomic E-state index is -1.46. The monoisotopic (exact) mass is 357 g/mol. The van der Waals surface area contributed by atoms with Crippen molar-refractivity contribution in [1.29, 1.82) is 0 Å². The Morgan fingerprint density at radius 3 is 2.35 bits per heavy atom. The predicted octanol–water partition coefficient (Wildman–Crippen LogP) is 4.24. The highest BCUT2D eigenvalue weighted by Crippen LogP contribution is 2.34. The van der Waals surface area contributed by atoms with E-state index in [9.17, 15) is 19.5 Å². The molecule has 0 aliphatic carbocycles. The number of rotatable bonds is 2. The van der Waals surface area contributed by atoms with Crippen molar-refractivity contribution in [3.05, 3.63) is 33.4 Å². The lowest BCUT2D eigenvalue weighted by Gasteiger charge is -2.20. The van der Waals surface area contributed by atoms with Crippen LogP contribution in [0.5, 0.6) is 0 Å². The Bertz CT molecular complexity index is 833. The van der Waals surface area contributed by atoms with Gasteiger partial charge in [0.1, 0.15) is 11.3 Å². The Labute approximate surface area is 141 Å². The van der Waals surface area contributed by atoms with E-state index in [1.807, 2.05) is 0 Å². The van der Waals surface area contributed by atoms with Crippen LogP contribution >= 0.6 is 23.2 Å². The number of aldehydes is 1. The van der Waals surface area contributed by atoms with Crippen molar-refractivity contribution in [3.63, 3.8) is 0 Å². The molecule has 1 N–H and O–H groups in total. The first-order valence-corrected chi connectivity index (χ1v) is 7.27. The second-order valence-electron chi connectivity index (χ2n) is 5.78. The molecule has 6 nitrogen and oxygen atoms in total. The largest absolute Gasteiger partial charge is 0.477 e. The van der Waals surface area contributed by atoms with Crippen LogP contribution in [-0.2, 0) is 4.74 Å². The van der Waals surface area contributed by atoms with Crippen molar-refractivity contribution >= 4 is 52.5 Å². The average Bonchev–Trinajstić information content (AvgIpc) is 2.70. The van der Waals surface area contributed by atoms with Crippen molar-refractivity contribution in [3.8, 4) is 0 Å². The SMILES string of the molecule is CC(C)(C)OC(=O)n1c(C(=O)O)c(C=O)c2c(Cl)cc(Cl)cc21. The van der Waals surface area contributed by atoms with E-state index < -0.39 is 23.4 Å². The number of fused-ring (bicyclic) bond motifs is 1. The zero-order valence-electron chi connectivity index (χ0n) is 12.5. The standard InChI is InChI=1S/C15H13Cl2NO5/c1-15(2,3)23-14(22)18-10-5-7(16)4-9(17)11(10)8(6-19)12(18)13(20)21/h4-6H,1-3H3,(H,20,21). The first kappa shape index (κ1) is 17.3. The van der Waals surface area contributed by atoms with Gasteiger partial charge < -0.3 is 9.84 Å². The number of carbonyl (C=O) groups excluding carboxylic acids is 2. The number of hydrogen-bond donors (Lipinski definition) is 1. The molecule has 0 unspecified atom stereocenters. The Hall–Kier alpha value is -2.05. The van der Waals surface area contributed by atoms with Crippen LogP contribution in [0.15, 0.2) is 12.1 Å². The van der Waals surface area contributed by atoms with Crippen molar-refractivity contribution in [2.45, 2.75) is 26.4 Å². The number of carboxylic acids is 1. The highest BCUT2D eigenvalue weighted by molar-refractivity contribution is 6.40. The number of benzene rings is 1. The van der Waals surface area contributed by atoms with Crippen LogP contribution in [0.4, 0.5) is 4.79 Å². The van der Waals surface area contributed by atoms with Crippen molar-refractivity contribution in [2.75, 3.05) is 0 Å². The first-order chi connectivity index (χ1) is 10.6. The maximum Gasteiger partial charge on any atom is 0.419 e. The summed E-state index contributed by atoms with van der Waals surface area (Å²) in [5.74, 6) is -1.46. The van der Waals surface area contributed by atoms with Crippen molar-refractivity contribution in [1.82, 2.24) is 4.57 Å². The van der Waals surface area contributed by atoms with Gasteiger partial charge in [-0.25, -0.2) is 14.2 Å². The Morgan fingerprint density at radius 2 is 1.87 bits per heavy atom. The number of aromatic nitrogens is 1. The number of ether oxygens (including phenoxy) is 1. The fraction of sp³-hybridized carbons (Fsp3) is 0.267. The van der Waals surface area contributed by atoms with Gasteiger partial charge in [0.15, 0.2) is 6.29 Å². The summed E-state index contributed by atoms with van der Waals surface area (Å²) < 4.78 is 6.01. The molecule has 0 aliphatic rings. The molecule has 1 aromatic carbocycles. The molecule has 122 valence electrons. The molecule has 1 aromatic heterocycles. The van der Waals surface area contributed by atoms with Gasteiger partial charge in [-0.3, -0.25) is 4.79 Å². The van der Waals surface area contributed by atoms with E-state index in [1.165, 1.54) is 12.1 Å². The molecule has 0 saturated heterocycles. The molecule has 0 atom stereocenters. The Kier molecular flexibility index (Phi) is 4.41. The first-order valence-electron chi connectivity index (χ1n) is 6.52. The summed E-state index contributed by atoms with van der Waals surface area (Å²) in [6, 6.07) is 2.72. The van der Waals surface area contributed by atoms with E-state index in [1.54, 1.807) is 20.8 Å². The molecule has 0 fully saturated rings. The third-order valence-corrected chi connectivity index (χ3v) is 3.44. The highest BCUT2D eigenvalue weighted by atomic mass is 35.5. The number of carboxylic acid groups (broad SMARTS) is 1. The molecule has 1 heterocycles. The molecule has 2 aromatic rings. The summed E-state index contributed by atoms with van der Waals surface area (Å²) in [4.78, 5) is 35.4. The van der Waals surface area contributed by atoms with Gasteiger partial charge in [-0.2, -0.15) is 0 Å². The summed E-state index contributed by atoms with van der Waals surface area (Å²) in [5, 5.41) is 9.82. The quantitative estimate of drug-likeness (QED) is 0.812. The van der Waals surface area contributed by atoms with E-state index >= 15 is 0 Å². The van der Waals surface area contributed by atoms with E-state index in [-0.39, 0.29) is 26.5 Å². The van der Waals surface area contributed by atoms with E-state index in [0.29, 0.717) is 6.29 Å². The van der Waals surface area contributed by atoms with Gasteiger partial charge in [-0.1, -0.05) is 23.2 Å². The molecular formula is C15H13Cl2NO5. The van der Waals surface area contributed by atoms with E-state index in [0.717, 1.165) is 4.57 Å². The van der Waals surface area contributed by atoms with Crippen LogP contribution in [0.1, 0.15) is 41.6 Å². The molecule has 0 bridgehead atoms. The van der Waals surface area contributed by atoms with Gasteiger partial charge in [0.05, 0.1) is 16.1 Å². The van der Waals surface area contributed by atoms with Gasteiger partial charge in [-0.15, -0.1) is 0 Å². The average molecular weight is 358 g/mol. The van der Waals surface area contributed by atoms with Crippen LogP contribution in [0.25, 0.3) is 10.9 Å². The zero-order valence-corrected chi connectivity index (χ0v) is 14.0. The fourth-order valence-corrected chi connectivity index (χ4v) is 2.77. The topological polar surface area (TPSA) is 85.6 Å². The normalized spacial score (nSPS) is 11.5. The fourth-order valence-electron chi connectivity index (χ4n) is 2.19. The number of carbonyl (C=O) groups is 3. The third kappa shape index (κ3) is 3.18. The summed E-state index contributed by atoms with van der Waals surface area (Å²) >= 11 is 12.0. The third-order valence-electron chi connectivity index (χ3n) is 2.92. The summed E-state index contributed by atoms with van der Waals surface area (Å²) in [7, 11) is 0. The number of halogens is 2. The summed E-state index contributed by atoms with van der Waals surface area (Å²) in [5.41, 5.74) is -1.49. The Balaban J connectivity index is 2.91. The molecule has 0 aliphatic heterocycles. The van der Waals surface area contributed by atoms with Gasteiger partial charge in [0.2, 0.25) is 0 Å². The van der Waals surface area contributed by atoms with Crippen LogP contribution in [0.3, 0.4) is 0 Å². The second kappa shape index (κ2) is 5.86. The minimum Gasteiger partial charge on any atom is -0.477 e. The van der Waals surface area contributed by atoms with E-state index in [2.05, 4.69) is 0 Å². The summed E-state index contributed by atoms with van der Waals surface area (Å²) in [6.45, 7) is 4.91. The lowest BCUT2D eigenvalue weighted by molar-refractivity contribution is 0.0512. The molecule has 0 saturated carbocycles. The van der Waals surface area contributed by atoms with Gasteiger partial charge in [0.25, 0.3) is 0 Å². The minimum absolute atomic E-state index is 0.0689. The molecule has 8 heteroatoms. The predicted molar refractivity (Wildman–Crippen MR) is 85.9 cm³/mol. The number of aromatic carboxylic acids is 1. The summed E-state index contributed by atoms with van der Waals surface area (Å²) in [6.07, 6.45) is -0.599. The van der Waals surface area contributed by atoms with Crippen LogP contribution in [-0.4, -0.2) is 33.6 Å². The van der Waals surface area contributed by atoms with Gasteiger partial charge in [-0.05, 0) is 32.9 Å². The zero-order chi connectivity index (χ0) is 17.5. The van der Waals surface area contributed by atoms with Gasteiger partial charge >= 0.3 is 12.1 Å². The Morgan fingerprint density at radius 1 is 1.26 bits per heavy atom. The molecule has 0 amide bonds. The molecule has 2 rings (SSSR count). The van der Waals surface area contributed by atoms with Crippen molar-refractivity contribution in [2.24, 2.45) is 0 Å². The molecule has 0 spiro atoms. The van der Waals surface area contributed by atoms with E-state index in [4.69, 9.17) is 27.9 Å². The van der Waals surface area contributed by atoms with Crippen LogP contribution < -0.4 is 0 Å². The van der Waals surface area contributed by atoms with Crippen molar-refractivity contribution < 1.29 is 24.2 Å². The maximum atomic E-state index is 12.4. The molecule has 0 radical (unpaired) electrons. The van der Waals surface area contributed by atoms with Gasteiger partial charge in [0, 0.05) is 10.4 Å². The molecular weight excluding hydrogens is 345 g/mol. The van der Waals surface area contributed by atoms with Crippen LogP contribution in [0, 0.1) is 0 Å². The van der Waals surface area contributed by atoms with Crippen LogP contribution in [0.2, 0.25) is 10.0 Å².